The highest BCUT2D eigenvalue weighted by Crippen LogP contribution is 2.27. The molecule has 1 aromatic rings. The maximum Gasteiger partial charge on any atom is 0.243 e. The first-order valence-electron chi connectivity index (χ1n) is 5.94. The zero-order valence-electron chi connectivity index (χ0n) is 10.4. The number of nitrogens with zero attached hydrogens (tertiary/aromatic N) is 1. The molecule has 1 heterocycles. The first-order chi connectivity index (χ1) is 8.20. The van der Waals surface area contributed by atoms with Gasteiger partial charge in [0.25, 0.3) is 0 Å². The average molecular weight is 230 g/mol. The molecule has 3 heteroatoms. The Morgan fingerprint density at radius 3 is 3.12 bits per heavy atom. The Labute approximate surface area is 102 Å². The van der Waals surface area contributed by atoms with Crippen molar-refractivity contribution in [3.63, 3.8) is 0 Å². The lowest BCUT2D eigenvalue weighted by Gasteiger charge is -2.12. The van der Waals surface area contributed by atoms with E-state index < -0.39 is 0 Å². The molecule has 17 heavy (non-hydrogen) atoms. The van der Waals surface area contributed by atoms with E-state index in [1.165, 1.54) is 11.3 Å². The number of likely N-dealkylation sites (N-methyl/N-ethyl adjacent to an activating group) is 1. The minimum absolute atomic E-state index is 0.0369. The number of amides is 1. The summed E-state index contributed by atoms with van der Waals surface area (Å²) in [6.07, 6.45) is 4.39. The van der Waals surface area contributed by atoms with Crippen LogP contribution in [0.1, 0.15) is 18.1 Å². The van der Waals surface area contributed by atoms with Gasteiger partial charge in [-0.1, -0.05) is 18.2 Å². The standard InChI is InChI=1S/C14H18N2O/c1-3-4-14(17)15-10-11-5-6-13-12(9-11)7-8-16(13)2/h3-6,9H,7-8,10H2,1-2H3,(H,15,17)/b4-3+. The minimum atomic E-state index is -0.0369. The molecule has 0 saturated heterocycles. The highest BCUT2D eigenvalue weighted by Gasteiger charge is 2.15. The zero-order valence-corrected chi connectivity index (χ0v) is 10.4. The summed E-state index contributed by atoms with van der Waals surface area (Å²) < 4.78 is 0. The van der Waals surface area contributed by atoms with Gasteiger partial charge in [0.1, 0.15) is 0 Å². The second-order valence-corrected chi connectivity index (χ2v) is 4.35. The molecule has 1 aliphatic rings. The number of carbonyl (C=O) groups excluding carboxylic acids is 1. The van der Waals surface area contributed by atoms with E-state index in [1.807, 2.05) is 6.92 Å². The van der Waals surface area contributed by atoms with Crippen molar-refractivity contribution in [2.75, 3.05) is 18.5 Å². The molecule has 1 aliphatic heterocycles. The normalized spacial score (nSPS) is 14.1. The molecule has 1 N–H and O–H groups in total. The van der Waals surface area contributed by atoms with E-state index in [4.69, 9.17) is 0 Å². The number of fused-ring (bicyclic) bond motifs is 1. The Hall–Kier alpha value is -1.77. The lowest BCUT2D eigenvalue weighted by atomic mass is 10.1. The first kappa shape index (κ1) is 11.7. The van der Waals surface area contributed by atoms with Crippen molar-refractivity contribution in [2.24, 2.45) is 0 Å². The minimum Gasteiger partial charge on any atom is -0.374 e. The van der Waals surface area contributed by atoms with Crippen molar-refractivity contribution in [1.82, 2.24) is 5.32 Å². The van der Waals surface area contributed by atoms with Gasteiger partial charge in [0.05, 0.1) is 0 Å². The number of nitrogens with one attached hydrogen (secondary N) is 1. The van der Waals surface area contributed by atoms with E-state index in [2.05, 4.69) is 35.5 Å². The Morgan fingerprint density at radius 1 is 1.53 bits per heavy atom. The summed E-state index contributed by atoms with van der Waals surface area (Å²) in [5.74, 6) is -0.0369. The summed E-state index contributed by atoms with van der Waals surface area (Å²) in [7, 11) is 2.11. The van der Waals surface area contributed by atoms with Gasteiger partial charge in [0.15, 0.2) is 0 Å². The molecule has 1 aromatic carbocycles. The fraction of sp³-hybridized carbons (Fsp3) is 0.357. The van der Waals surface area contributed by atoms with Crippen LogP contribution in [0.25, 0.3) is 0 Å². The maximum atomic E-state index is 11.3. The van der Waals surface area contributed by atoms with E-state index in [1.54, 1.807) is 12.2 Å². The van der Waals surface area contributed by atoms with Gasteiger partial charge in [0.2, 0.25) is 5.91 Å². The van der Waals surface area contributed by atoms with Crippen molar-refractivity contribution in [3.8, 4) is 0 Å². The lowest BCUT2D eigenvalue weighted by Crippen LogP contribution is -2.20. The van der Waals surface area contributed by atoms with Crippen LogP contribution in [0.2, 0.25) is 0 Å². The molecule has 90 valence electrons. The van der Waals surface area contributed by atoms with Crippen LogP contribution in [0, 0.1) is 0 Å². The summed E-state index contributed by atoms with van der Waals surface area (Å²) in [5.41, 5.74) is 3.86. The molecule has 1 amide bonds. The quantitative estimate of drug-likeness (QED) is 0.804. The smallest absolute Gasteiger partial charge is 0.243 e. The molecule has 0 fully saturated rings. The van der Waals surface area contributed by atoms with Gasteiger partial charge in [-0.2, -0.15) is 0 Å². The Morgan fingerprint density at radius 2 is 2.35 bits per heavy atom. The number of benzene rings is 1. The van der Waals surface area contributed by atoms with E-state index in [0.717, 1.165) is 18.5 Å². The van der Waals surface area contributed by atoms with Gasteiger partial charge >= 0.3 is 0 Å². The SMILES string of the molecule is C/C=C/C(=O)NCc1ccc2c(c1)CCN2C. The molecule has 0 unspecified atom stereocenters. The van der Waals surface area contributed by atoms with Crippen molar-refractivity contribution < 1.29 is 4.79 Å². The summed E-state index contributed by atoms with van der Waals surface area (Å²) in [6.45, 7) is 3.52. The molecule has 0 spiro atoms. The van der Waals surface area contributed by atoms with Crippen molar-refractivity contribution in [2.45, 2.75) is 19.9 Å². The van der Waals surface area contributed by atoms with Crippen LogP contribution in [0.4, 0.5) is 5.69 Å². The van der Waals surface area contributed by atoms with E-state index in [-0.39, 0.29) is 5.91 Å². The van der Waals surface area contributed by atoms with Gasteiger partial charge < -0.3 is 10.2 Å². The van der Waals surface area contributed by atoms with Crippen molar-refractivity contribution >= 4 is 11.6 Å². The average Bonchev–Trinajstić information content (AvgIpc) is 2.69. The molecule has 0 saturated carbocycles. The Kier molecular flexibility index (Phi) is 3.47. The molecule has 0 radical (unpaired) electrons. The number of hydrogen-bond acceptors (Lipinski definition) is 2. The van der Waals surface area contributed by atoms with Crippen LogP contribution in [0.5, 0.6) is 0 Å². The number of anilines is 1. The highest BCUT2D eigenvalue weighted by atomic mass is 16.1. The molecular weight excluding hydrogens is 212 g/mol. The van der Waals surface area contributed by atoms with Crippen LogP contribution in [0.15, 0.2) is 30.4 Å². The molecule has 0 bridgehead atoms. The Bertz CT molecular complexity index is 452. The largest absolute Gasteiger partial charge is 0.374 e. The van der Waals surface area contributed by atoms with Crippen LogP contribution >= 0.6 is 0 Å². The number of rotatable bonds is 3. The first-order valence-corrected chi connectivity index (χ1v) is 5.94. The molecule has 0 aliphatic carbocycles. The molecule has 0 atom stereocenters. The highest BCUT2D eigenvalue weighted by molar-refractivity contribution is 5.87. The predicted octanol–water partition coefficient (Wildman–Crippen LogP) is 1.87. The third-order valence-corrected chi connectivity index (χ3v) is 3.06. The van der Waals surface area contributed by atoms with E-state index in [9.17, 15) is 4.79 Å². The van der Waals surface area contributed by atoms with Crippen LogP contribution < -0.4 is 10.2 Å². The zero-order chi connectivity index (χ0) is 12.3. The number of carbonyl (C=O) groups is 1. The summed E-state index contributed by atoms with van der Waals surface area (Å²) >= 11 is 0. The number of hydrogen-bond donors (Lipinski definition) is 1. The monoisotopic (exact) mass is 230 g/mol. The van der Waals surface area contributed by atoms with Crippen LogP contribution in [-0.2, 0) is 17.8 Å². The molecule has 0 aromatic heterocycles. The maximum absolute atomic E-state index is 11.3. The molecule has 3 nitrogen and oxygen atoms in total. The Balaban J connectivity index is 2.01. The third kappa shape index (κ3) is 2.67. The third-order valence-electron chi connectivity index (χ3n) is 3.06. The van der Waals surface area contributed by atoms with Gasteiger partial charge in [-0.3, -0.25) is 4.79 Å². The fourth-order valence-corrected chi connectivity index (χ4v) is 2.13. The van der Waals surface area contributed by atoms with Crippen molar-refractivity contribution in [1.29, 1.82) is 0 Å². The van der Waals surface area contributed by atoms with Crippen LogP contribution in [-0.4, -0.2) is 19.5 Å². The summed E-state index contributed by atoms with van der Waals surface area (Å²) in [5, 5.41) is 2.86. The van der Waals surface area contributed by atoms with Crippen molar-refractivity contribution in [3.05, 3.63) is 41.5 Å². The lowest BCUT2D eigenvalue weighted by molar-refractivity contribution is -0.116. The van der Waals surface area contributed by atoms with Gasteiger partial charge in [-0.25, -0.2) is 0 Å². The van der Waals surface area contributed by atoms with E-state index >= 15 is 0 Å². The topological polar surface area (TPSA) is 32.3 Å². The van der Waals surface area contributed by atoms with Crippen LogP contribution in [0.3, 0.4) is 0 Å². The second kappa shape index (κ2) is 5.04. The summed E-state index contributed by atoms with van der Waals surface area (Å²) in [6, 6.07) is 6.41. The van der Waals surface area contributed by atoms with Gasteiger partial charge in [0, 0.05) is 25.8 Å². The summed E-state index contributed by atoms with van der Waals surface area (Å²) in [4.78, 5) is 13.6. The predicted molar refractivity (Wildman–Crippen MR) is 70.1 cm³/mol. The van der Waals surface area contributed by atoms with Gasteiger partial charge in [-0.05, 0) is 36.6 Å². The molecular formula is C14H18N2O. The fourth-order valence-electron chi connectivity index (χ4n) is 2.13. The van der Waals surface area contributed by atoms with E-state index in [0.29, 0.717) is 6.54 Å². The second-order valence-electron chi connectivity index (χ2n) is 4.35. The number of allylic oxidation sites excluding steroid dienone is 1. The van der Waals surface area contributed by atoms with Gasteiger partial charge in [-0.15, -0.1) is 0 Å². The molecule has 2 rings (SSSR count).